The number of rotatable bonds is 6. The van der Waals surface area contributed by atoms with Gasteiger partial charge in [-0.05, 0) is 24.1 Å². The molecule has 1 aromatic carbocycles. The molecule has 0 radical (unpaired) electrons. The van der Waals surface area contributed by atoms with E-state index in [0.717, 1.165) is 17.5 Å². The zero-order valence-corrected chi connectivity index (χ0v) is 13.4. The monoisotopic (exact) mass is 321 g/mol. The van der Waals surface area contributed by atoms with Crippen molar-refractivity contribution in [3.05, 3.63) is 66.2 Å². The lowest BCUT2D eigenvalue weighted by Crippen LogP contribution is -2.29. The highest BCUT2D eigenvalue weighted by Crippen LogP contribution is 2.19. The number of benzene rings is 1. The smallest absolute Gasteiger partial charge is 0.227 e. The molecule has 3 aromatic rings. The predicted molar refractivity (Wildman–Crippen MR) is 90.9 cm³/mol. The second-order valence-corrected chi connectivity index (χ2v) is 5.43. The maximum atomic E-state index is 12.4. The second-order valence-electron chi connectivity index (χ2n) is 5.43. The van der Waals surface area contributed by atoms with Crippen molar-refractivity contribution in [3.63, 3.8) is 0 Å². The third kappa shape index (κ3) is 3.65. The van der Waals surface area contributed by atoms with Gasteiger partial charge in [-0.3, -0.25) is 14.9 Å². The number of aromatic amines is 1. The van der Waals surface area contributed by atoms with Crippen LogP contribution < -0.4 is 5.32 Å². The van der Waals surface area contributed by atoms with Crippen molar-refractivity contribution in [2.24, 2.45) is 0 Å². The minimum absolute atomic E-state index is 0.00874. The zero-order valence-electron chi connectivity index (χ0n) is 13.4. The minimum Gasteiger partial charge on any atom is -0.348 e. The molecule has 2 heterocycles. The fourth-order valence-corrected chi connectivity index (χ4v) is 2.56. The number of carbonyl (C=O) groups excluding carboxylic acids is 1. The van der Waals surface area contributed by atoms with Crippen molar-refractivity contribution in [2.45, 2.75) is 25.8 Å². The molecule has 0 saturated carbocycles. The van der Waals surface area contributed by atoms with Crippen molar-refractivity contribution >= 4 is 5.91 Å². The largest absolute Gasteiger partial charge is 0.348 e. The van der Waals surface area contributed by atoms with Gasteiger partial charge in [0.25, 0.3) is 0 Å². The molecule has 0 aliphatic rings. The minimum atomic E-state index is -0.159. The average Bonchev–Trinajstić information content (AvgIpc) is 3.11. The summed E-state index contributed by atoms with van der Waals surface area (Å²) in [5, 5.41) is 9.96. The Hall–Kier alpha value is -3.02. The summed E-state index contributed by atoms with van der Waals surface area (Å²) in [7, 11) is 0. The molecule has 122 valence electrons. The van der Waals surface area contributed by atoms with E-state index >= 15 is 0 Å². The molecule has 6 heteroatoms. The normalized spacial score (nSPS) is 11.9. The number of hydrogen-bond donors (Lipinski definition) is 2. The molecule has 0 saturated heterocycles. The van der Waals surface area contributed by atoms with E-state index in [1.54, 1.807) is 12.4 Å². The Morgan fingerprint density at radius 2 is 1.92 bits per heavy atom. The highest BCUT2D eigenvalue weighted by molar-refractivity contribution is 5.83. The summed E-state index contributed by atoms with van der Waals surface area (Å²) in [5.41, 5.74) is 1.90. The summed E-state index contributed by atoms with van der Waals surface area (Å²) in [5.74, 6) is 1.05. The average molecular weight is 321 g/mol. The van der Waals surface area contributed by atoms with E-state index in [0.29, 0.717) is 18.2 Å². The van der Waals surface area contributed by atoms with Gasteiger partial charge in [0.15, 0.2) is 5.82 Å². The summed E-state index contributed by atoms with van der Waals surface area (Å²) in [6.45, 7) is 2.33. The maximum Gasteiger partial charge on any atom is 0.227 e. The quantitative estimate of drug-likeness (QED) is 0.731. The van der Waals surface area contributed by atoms with Crippen molar-refractivity contribution in [2.75, 3.05) is 0 Å². The molecular weight excluding hydrogens is 302 g/mol. The molecule has 6 nitrogen and oxygen atoms in total. The van der Waals surface area contributed by atoms with Crippen LogP contribution in [0, 0.1) is 0 Å². The van der Waals surface area contributed by atoms with E-state index in [1.807, 2.05) is 49.4 Å². The lowest BCUT2D eigenvalue weighted by molar-refractivity contribution is -0.122. The molecule has 0 unspecified atom stereocenters. The highest BCUT2D eigenvalue weighted by atomic mass is 16.1. The van der Waals surface area contributed by atoms with E-state index in [4.69, 9.17) is 0 Å². The van der Waals surface area contributed by atoms with Gasteiger partial charge in [-0.25, -0.2) is 4.98 Å². The van der Waals surface area contributed by atoms with Gasteiger partial charge >= 0.3 is 0 Å². The van der Waals surface area contributed by atoms with Crippen molar-refractivity contribution in [1.82, 2.24) is 25.5 Å². The molecular formula is C18H19N5O. The van der Waals surface area contributed by atoms with Gasteiger partial charge in [0, 0.05) is 18.0 Å². The van der Waals surface area contributed by atoms with E-state index < -0.39 is 0 Å². The Kier molecular flexibility index (Phi) is 4.96. The summed E-state index contributed by atoms with van der Waals surface area (Å²) in [6.07, 6.45) is 4.13. The molecule has 1 amide bonds. The van der Waals surface area contributed by atoms with Gasteiger partial charge in [0.1, 0.15) is 5.82 Å². The van der Waals surface area contributed by atoms with Crippen LogP contribution in [0.1, 0.15) is 30.7 Å². The van der Waals surface area contributed by atoms with Gasteiger partial charge in [-0.15, -0.1) is 0 Å². The van der Waals surface area contributed by atoms with Gasteiger partial charge in [0.05, 0.1) is 12.5 Å². The first-order valence-electron chi connectivity index (χ1n) is 7.92. The summed E-state index contributed by atoms with van der Waals surface area (Å²) in [4.78, 5) is 20.8. The summed E-state index contributed by atoms with van der Waals surface area (Å²) < 4.78 is 0. The summed E-state index contributed by atoms with van der Waals surface area (Å²) >= 11 is 0. The van der Waals surface area contributed by atoms with Gasteiger partial charge in [-0.2, -0.15) is 5.10 Å². The standard InChI is InChI=1S/C18H19N5O/c1-2-15(13-6-4-3-5-7-13)18(24)20-12-16-21-17(23-22-16)14-8-10-19-11-9-14/h3-11,15H,2,12H2,1H3,(H,20,24)(H,21,22,23)/t15-/m0/s1. The zero-order chi connectivity index (χ0) is 16.8. The third-order valence-corrected chi connectivity index (χ3v) is 3.83. The molecule has 0 fully saturated rings. The van der Waals surface area contributed by atoms with Crippen LogP contribution in [0.4, 0.5) is 0 Å². The number of nitrogens with one attached hydrogen (secondary N) is 2. The van der Waals surface area contributed by atoms with Crippen molar-refractivity contribution < 1.29 is 4.79 Å². The topological polar surface area (TPSA) is 83.6 Å². The first kappa shape index (κ1) is 15.9. The fraction of sp³-hybridized carbons (Fsp3) is 0.222. The van der Waals surface area contributed by atoms with Gasteiger partial charge in [0.2, 0.25) is 5.91 Å². The Morgan fingerprint density at radius 1 is 1.17 bits per heavy atom. The van der Waals surface area contributed by atoms with Crippen LogP contribution >= 0.6 is 0 Å². The Morgan fingerprint density at radius 3 is 2.62 bits per heavy atom. The van der Waals surface area contributed by atoms with E-state index in [1.165, 1.54) is 0 Å². The SMILES string of the molecule is CC[C@H](C(=O)NCc1nc(-c2ccncc2)n[nH]1)c1ccccc1. The molecule has 0 bridgehead atoms. The van der Waals surface area contributed by atoms with Crippen LogP contribution in [-0.4, -0.2) is 26.1 Å². The van der Waals surface area contributed by atoms with Crippen molar-refractivity contribution in [1.29, 1.82) is 0 Å². The van der Waals surface area contributed by atoms with Gasteiger partial charge < -0.3 is 5.32 Å². The van der Waals surface area contributed by atoms with E-state index in [2.05, 4.69) is 25.5 Å². The molecule has 0 aliphatic carbocycles. The van der Waals surface area contributed by atoms with Crippen LogP contribution in [0.25, 0.3) is 11.4 Å². The molecule has 1 atom stereocenters. The first-order valence-corrected chi connectivity index (χ1v) is 7.92. The number of hydrogen-bond acceptors (Lipinski definition) is 4. The number of nitrogens with zero attached hydrogens (tertiary/aromatic N) is 3. The van der Waals surface area contributed by atoms with E-state index in [-0.39, 0.29) is 11.8 Å². The molecule has 24 heavy (non-hydrogen) atoms. The highest BCUT2D eigenvalue weighted by Gasteiger charge is 2.18. The number of aromatic nitrogens is 4. The lowest BCUT2D eigenvalue weighted by Gasteiger charge is -2.14. The number of carbonyl (C=O) groups is 1. The molecule has 0 spiro atoms. The second kappa shape index (κ2) is 7.50. The lowest BCUT2D eigenvalue weighted by atomic mass is 9.96. The van der Waals surface area contributed by atoms with Crippen LogP contribution in [0.5, 0.6) is 0 Å². The number of pyridine rings is 1. The first-order chi connectivity index (χ1) is 11.8. The van der Waals surface area contributed by atoms with Crippen LogP contribution in [0.15, 0.2) is 54.9 Å². The molecule has 2 N–H and O–H groups in total. The molecule has 3 rings (SSSR count). The Bertz CT molecular complexity index is 785. The molecule has 0 aliphatic heterocycles. The maximum absolute atomic E-state index is 12.4. The third-order valence-electron chi connectivity index (χ3n) is 3.83. The fourth-order valence-electron chi connectivity index (χ4n) is 2.56. The van der Waals surface area contributed by atoms with E-state index in [9.17, 15) is 4.79 Å². The Labute approximate surface area is 140 Å². The van der Waals surface area contributed by atoms with Crippen molar-refractivity contribution in [3.8, 4) is 11.4 Å². The van der Waals surface area contributed by atoms with Crippen LogP contribution in [0.3, 0.4) is 0 Å². The van der Waals surface area contributed by atoms with Crippen LogP contribution in [-0.2, 0) is 11.3 Å². The predicted octanol–water partition coefficient (Wildman–Crippen LogP) is 2.68. The summed E-state index contributed by atoms with van der Waals surface area (Å²) in [6, 6.07) is 13.5. The van der Waals surface area contributed by atoms with Crippen LogP contribution in [0.2, 0.25) is 0 Å². The van der Waals surface area contributed by atoms with Gasteiger partial charge in [-0.1, -0.05) is 37.3 Å². The number of amides is 1. The number of H-pyrrole nitrogens is 1. The molecule has 2 aromatic heterocycles. The Balaban J connectivity index is 1.63.